The van der Waals surface area contributed by atoms with Crippen LogP contribution in [0.5, 0.6) is 0 Å². The van der Waals surface area contributed by atoms with Crippen LogP contribution in [0.1, 0.15) is 17.3 Å². The summed E-state index contributed by atoms with van der Waals surface area (Å²) in [6, 6.07) is 1.26. The molecule has 7 nitrogen and oxygen atoms in total. The van der Waals surface area contributed by atoms with E-state index in [4.69, 9.17) is 5.26 Å². The molecule has 0 unspecified atom stereocenters. The molecule has 0 aliphatic rings. The molecule has 16 heavy (non-hydrogen) atoms. The molecule has 1 aromatic heterocycles. The minimum Gasteiger partial charge on any atom is -0.462 e. The second-order valence-corrected chi connectivity index (χ2v) is 3.30. The quantitative estimate of drug-likeness (QED) is 0.346. The van der Waals surface area contributed by atoms with Crippen molar-refractivity contribution < 1.29 is 24.2 Å². The van der Waals surface area contributed by atoms with E-state index in [0.29, 0.717) is 16.9 Å². The molecule has 0 radical (unpaired) electrons. The molecule has 0 spiro atoms. The van der Waals surface area contributed by atoms with E-state index < -0.39 is 11.5 Å². The van der Waals surface area contributed by atoms with Crippen molar-refractivity contribution in [3.8, 4) is 0 Å². The Bertz CT molecular complexity index is 417. The SMILES string of the molecule is CCOC(=O)c1cc(SOOO)c[nH]c1=O. The van der Waals surface area contributed by atoms with Gasteiger partial charge >= 0.3 is 5.97 Å². The molecule has 0 saturated carbocycles. The predicted octanol–water partition coefficient (Wildman–Crippen LogP) is 0.980. The van der Waals surface area contributed by atoms with E-state index in [-0.39, 0.29) is 12.2 Å². The Hall–Kier alpha value is -1.35. The fraction of sp³-hybridized carbons (Fsp3) is 0.250. The lowest BCUT2D eigenvalue weighted by Gasteiger charge is -2.02. The maximum Gasteiger partial charge on any atom is 0.343 e. The number of pyridine rings is 1. The van der Waals surface area contributed by atoms with Gasteiger partial charge in [-0.2, -0.15) is 0 Å². The number of hydrogen-bond donors (Lipinski definition) is 2. The third-order valence-corrected chi connectivity index (χ3v) is 2.09. The molecular formula is C8H9NO6S. The summed E-state index contributed by atoms with van der Waals surface area (Å²) in [6.07, 6.45) is 1.30. The summed E-state index contributed by atoms with van der Waals surface area (Å²) in [5.74, 6) is -0.726. The van der Waals surface area contributed by atoms with Crippen LogP contribution < -0.4 is 5.56 Å². The molecule has 2 N–H and O–H groups in total. The third kappa shape index (κ3) is 3.35. The number of nitrogens with one attached hydrogen (secondary N) is 1. The first-order valence-corrected chi connectivity index (χ1v) is 4.97. The van der Waals surface area contributed by atoms with Crippen molar-refractivity contribution in [1.82, 2.24) is 4.98 Å². The van der Waals surface area contributed by atoms with E-state index in [1.165, 1.54) is 12.3 Å². The first kappa shape index (κ1) is 12.7. The van der Waals surface area contributed by atoms with Crippen molar-refractivity contribution in [1.29, 1.82) is 0 Å². The first-order chi connectivity index (χ1) is 7.69. The van der Waals surface area contributed by atoms with Gasteiger partial charge < -0.3 is 9.72 Å². The number of rotatable bonds is 5. The fourth-order valence-corrected chi connectivity index (χ4v) is 1.31. The lowest BCUT2D eigenvalue weighted by molar-refractivity contribution is -0.432. The van der Waals surface area contributed by atoms with Crippen LogP contribution >= 0.6 is 12.0 Å². The van der Waals surface area contributed by atoms with E-state index in [9.17, 15) is 9.59 Å². The van der Waals surface area contributed by atoms with E-state index in [1.807, 2.05) is 0 Å². The summed E-state index contributed by atoms with van der Waals surface area (Å²) in [4.78, 5) is 25.3. The summed E-state index contributed by atoms with van der Waals surface area (Å²) < 4.78 is 8.83. The molecule has 0 amide bonds. The van der Waals surface area contributed by atoms with Crippen LogP contribution in [0, 0.1) is 0 Å². The summed E-state index contributed by atoms with van der Waals surface area (Å²) in [5, 5.41) is 11.3. The average molecular weight is 247 g/mol. The van der Waals surface area contributed by atoms with Crippen LogP contribution in [0.15, 0.2) is 22.0 Å². The van der Waals surface area contributed by atoms with Crippen LogP contribution in [-0.2, 0) is 14.1 Å². The maximum atomic E-state index is 11.3. The van der Waals surface area contributed by atoms with E-state index in [1.54, 1.807) is 6.92 Å². The largest absolute Gasteiger partial charge is 0.462 e. The van der Waals surface area contributed by atoms with Gasteiger partial charge in [0.05, 0.1) is 23.5 Å². The van der Waals surface area contributed by atoms with Crippen LogP contribution in [-0.4, -0.2) is 22.8 Å². The summed E-state index contributed by atoms with van der Waals surface area (Å²) in [6.45, 7) is 1.80. The molecule has 0 aromatic carbocycles. The van der Waals surface area contributed by atoms with Gasteiger partial charge in [0.25, 0.3) is 5.56 Å². The van der Waals surface area contributed by atoms with Gasteiger partial charge in [-0.1, -0.05) is 5.04 Å². The Morgan fingerprint density at radius 1 is 1.62 bits per heavy atom. The number of hydrogen-bond acceptors (Lipinski definition) is 7. The molecule has 88 valence electrons. The molecule has 8 heteroatoms. The fourth-order valence-electron chi connectivity index (χ4n) is 0.927. The van der Waals surface area contributed by atoms with Crippen molar-refractivity contribution in [2.24, 2.45) is 0 Å². The Morgan fingerprint density at radius 3 is 3.00 bits per heavy atom. The van der Waals surface area contributed by atoms with E-state index in [0.717, 1.165) is 0 Å². The van der Waals surface area contributed by atoms with E-state index in [2.05, 4.69) is 19.1 Å². The molecule has 0 aliphatic heterocycles. The topological polar surface area (TPSA) is 97.8 Å². The second kappa shape index (κ2) is 6.28. The van der Waals surface area contributed by atoms with Gasteiger partial charge in [0, 0.05) is 6.20 Å². The van der Waals surface area contributed by atoms with Gasteiger partial charge in [-0.3, -0.25) is 4.79 Å². The zero-order valence-electron chi connectivity index (χ0n) is 8.26. The minimum absolute atomic E-state index is 0.145. The van der Waals surface area contributed by atoms with Gasteiger partial charge in [-0.15, -0.1) is 4.33 Å². The van der Waals surface area contributed by atoms with Crippen molar-refractivity contribution in [3.63, 3.8) is 0 Å². The number of esters is 1. The number of carbonyl (C=O) groups excluding carboxylic acids is 1. The normalized spacial score (nSPS) is 10.1. The maximum absolute atomic E-state index is 11.3. The highest BCUT2D eigenvalue weighted by atomic mass is 32.2. The Labute approximate surface area is 94.4 Å². The van der Waals surface area contributed by atoms with Crippen molar-refractivity contribution >= 4 is 18.0 Å². The van der Waals surface area contributed by atoms with Gasteiger partial charge in [0.1, 0.15) is 5.56 Å². The Kier molecular flexibility index (Phi) is 4.99. The molecule has 1 heterocycles. The zero-order chi connectivity index (χ0) is 12.0. The van der Waals surface area contributed by atoms with Crippen LogP contribution in [0.3, 0.4) is 0 Å². The van der Waals surface area contributed by atoms with E-state index >= 15 is 0 Å². The number of ether oxygens (including phenoxy) is 1. The van der Waals surface area contributed by atoms with Crippen LogP contribution in [0.25, 0.3) is 0 Å². The number of aromatic nitrogens is 1. The van der Waals surface area contributed by atoms with Crippen LogP contribution in [0.4, 0.5) is 0 Å². The van der Waals surface area contributed by atoms with Gasteiger partial charge in [-0.25, -0.2) is 10.1 Å². The molecular weight excluding hydrogens is 238 g/mol. The molecule has 1 aromatic rings. The Morgan fingerprint density at radius 2 is 2.38 bits per heavy atom. The highest BCUT2D eigenvalue weighted by Gasteiger charge is 2.12. The number of carbonyl (C=O) groups is 1. The first-order valence-electron chi connectivity index (χ1n) is 4.23. The number of H-pyrrole nitrogens is 1. The predicted molar refractivity (Wildman–Crippen MR) is 53.7 cm³/mol. The monoisotopic (exact) mass is 247 g/mol. The third-order valence-electron chi connectivity index (χ3n) is 1.53. The lowest BCUT2D eigenvalue weighted by Crippen LogP contribution is -2.19. The molecule has 0 saturated heterocycles. The highest BCUT2D eigenvalue weighted by Crippen LogP contribution is 2.17. The lowest BCUT2D eigenvalue weighted by atomic mass is 10.3. The standard InChI is InChI=1S/C8H9NO6S/c1-2-13-8(11)6-3-5(16-15-14-12)4-9-7(6)10/h3-4,12H,2H2,1H3,(H,9,10). The highest BCUT2D eigenvalue weighted by molar-refractivity contribution is 7.94. The number of aromatic amines is 1. The average Bonchev–Trinajstić information content (AvgIpc) is 2.28. The summed E-state index contributed by atoms with van der Waals surface area (Å²) in [7, 11) is 0. The molecule has 0 aliphatic carbocycles. The zero-order valence-corrected chi connectivity index (χ0v) is 9.08. The van der Waals surface area contributed by atoms with Gasteiger partial charge in [0.2, 0.25) is 0 Å². The molecule has 0 fully saturated rings. The Balaban J connectivity index is 2.90. The van der Waals surface area contributed by atoms with Crippen molar-refractivity contribution in [2.45, 2.75) is 11.8 Å². The molecule has 1 rings (SSSR count). The molecule has 0 atom stereocenters. The minimum atomic E-state index is -0.726. The van der Waals surface area contributed by atoms with Crippen molar-refractivity contribution in [2.75, 3.05) is 6.61 Å². The summed E-state index contributed by atoms with van der Waals surface area (Å²) >= 11 is 0.629. The van der Waals surface area contributed by atoms with Crippen molar-refractivity contribution in [3.05, 3.63) is 28.2 Å². The van der Waals surface area contributed by atoms with Gasteiger partial charge in [-0.05, 0) is 13.0 Å². The molecule has 0 bridgehead atoms. The second-order valence-electron chi connectivity index (χ2n) is 2.52. The van der Waals surface area contributed by atoms with Gasteiger partial charge in [0.15, 0.2) is 0 Å². The smallest absolute Gasteiger partial charge is 0.343 e. The van der Waals surface area contributed by atoms with Crippen LogP contribution in [0.2, 0.25) is 0 Å². The summed E-state index contributed by atoms with van der Waals surface area (Å²) in [5.41, 5.74) is -0.707.